The molecule has 0 amide bonds. The Labute approximate surface area is 419 Å². The molecule has 0 spiro atoms. The van der Waals surface area contributed by atoms with Crippen LogP contribution in [0.4, 0.5) is 0 Å². The fourth-order valence-electron chi connectivity index (χ4n) is 8.59. The first-order chi connectivity index (χ1) is 31.9. The fourth-order valence-corrected chi connectivity index (χ4v) is 8.59. The first-order valence-corrected chi connectivity index (χ1v) is 22.1. The molecule has 0 aliphatic heterocycles. The summed E-state index contributed by atoms with van der Waals surface area (Å²) in [7, 11) is 0. The molecule has 9 heteroatoms. The van der Waals surface area contributed by atoms with E-state index >= 15 is 0 Å². The number of aromatic nitrogens is 5. The van der Waals surface area contributed by atoms with Crippen molar-refractivity contribution in [3.05, 3.63) is 199 Å². The summed E-state index contributed by atoms with van der Waals surface area (Å²) in [5.41, 5.74) is 13.5. The average Bonchev–Trinajstić information content (AvgIpc) is 3.66. The van der Waals surface area contributed by atoms with Gasteiger partial charge in [-0.05, 0) is 53.6 Å². The largest absolute Gasteiger partial charge is 2.00 e. The Bertz CT molecular complexity index is 3090. The molecule has 0 radical (unpaired) electrons. The van der Waals surface area contributed by atoms with Gasteiger partial charge in [-0.2, -0.15) is 22.9 Å². The summed E-state index contributed by atoms with van der Waals surface area (Å²) in [5, 5.41) is 1.87. The van der Waals surface area contributed by atoms with Gasteiger partial charge in [0.25, 0.3) is 0 Å². The van der Waals surface area contributed by atoms with Crippen molar-refractivity contribution in [2.45, 2.75) is 53.4 Å². The number of hydrogen-bond acceptors (Lipinski definition) is 6. The maximum Gasteiger partial charge on any atom is 2.00 e. The molecule has 0 unspecified atom stereocenters. The number of hydrogen-bond donors (Lipinski definition) is 0. The predicted molar refractivity (Wildman–Crippen MR) is 260 cm³/mol. The number of pyridine rings is 2. The van der Waals surface area contributed by atoms with Crippen LogP contribution in [0.5, 0.6) is 23.0 Å². The SMILES string of the molecule is CCCc1ccc(-c2c(Oc3[c-]c4c(cc3)c3ccc(Oc5[c-]c(-c6ccccn6)cc(C)c5-c5ccc(CCC)cc5)[c-]c3n4-c3ncccn3)[c-]c(-c3ccccn3)cc2C)cc1.[Pd+2].[Pd+2]. The van der Waals surface area contributed by atoms with E-state index in [0.717, 1.165) is 103 Å². The van der Waals surface area contributed by atoms with Crippen molar-refractivity contribution in [1.82, 2.24) is 24.5 Å². The maximum absolute atomic E-state index is 6.88. The molecular weight excluding hydrogens is 1010 g/mol. The van der Waals surface area contributed by atoms with Gasteiger partial charge in [0.2, 0.25) is 5.95 Å². The molecule has 0 saturated heterocycles. The van der Waals surface area contributed by atoms with Crippen LogP contribution >= 0.6 is 0 Å². The van der Waals surface area contributed by atoms with E-state index in [1.807, 2.05) is 53.1 Å². The van der Waals surface area contributed by atoms with Crippen molar-refractivity contribution in [2.75, 3.05) is 0 Å². The molecule has 4 aromatic heterocycles. The zero-order chi connectivity index (χ0) is 44.3. The van der Waals surface area contributed by atoms with Crippen molar-refractivity contribution in [3.63, 3.8) is 0 Å². The second-order valence-electron chi connectivity index (χ2n) is 16.2. The van der Waals surface area contributed by atoms with E-state index < -0.39 is 0 Å². The van der Waals surface area contributed by atoms with E-state index in [0.29, 0.717) is 28.9 Å². The molecule has 334 valence electrons. The van der Waals surface area contributed by atoms with Crippen LogP contribution in [0.25, 0.3) is 72.5 Å². The Kier molecular flexibility index (Phi) is 14.7. The molecule has 6 aromatic carbocycles. The molecule has 10 rings (SSSR count). The monoisotopic (exact) mass is 1060 g/mol. The van der Waals surface area contributed by atoms with E-state index in [1.165, 1.54) is 11.1 Å². The van der Waals surface area contributed by atoms with Gasteiger partial charge >= 0.3 is 40.8 Å². The van der Waals surface area contributed by atoms with Gasteiger partial charge in [-0.3, -0.25) is 0 Å². The van der Waals surface area contributed by atoms with Gasteiger partial charge in [-0.25, -0.2) is 9.97 Å². The molecule has 0 bridgehead atoms. The third-order valence-corrected chi connectivity index (χ3v) is 11.6. The number of rotatable bonds is 13. The Morgan fingerprint density at radius 3 is 1.31 bits per heavy atom. The number of fused-ring (bicyclic) bond motifs is 3. The third-order valence-electron chi connectivity index (χ3n) is 11.6. The number of nitrogens with zero attached hydrogens (tertiary/aromatic N) is 5. The van der Waals surface area contributed by atoms with E-state index in [9.17, 15) is 0 Å². The number of aryl methyl sites for hydroxylation is 4. The Morgan fingerprint density at radius 2 is 0.910 bits per heavy atom. The minimum Gasteiger partial charge on any atom is -0.502 e. The molecule has 4 heterocycles. The summed E-state index contributed by atoms with van der Waals surface area (Å²) in [6.07, 6.45) is 11.3. The predicted octanol–water partition coefficient (Wildman–Crippen LogP) is 14.3. The quantitative estimate of drug-likeness (QED) is 0.0846. The van der Waals surface area contributed by atoms with Gasteiger partial charge in [0.15, 0.2) is 0 Å². The summed E-state index contributed by atoms with van der Waals surface area (Å²) < 4.78 is 15.7. The molecule has 10 aromatic rings. The van der Waals surface area contributed by atoms with E-state index in [-0.39, 0.29) is 40.8 Å². The number of benzene rings is 6. The summed E-state index contributed by atoms with van der Waals surface area (Å²) in [6, 6.07) is 57.7. The first-order valence-electron chi connectivity index (χ1n) is 22.1. The van der Waals surface area contributed by atoms with Gasteiger partial charge in [0.1, 0.15) is 0 Å². The molecule has 67 heavy (non-hydrogen) atoms. The molecule has 0 saturated carbocycles. The summed E-state index contributed by atoms with van der Waals surface area (Å²) in [4.78, 5) is 18.7. The minimum absolute atomic E-state index is 0. The molecule has 0 atom stereocenters. The zero-order valence-corrected chi connectivity index (χ0v) is 40.6. The smallest absolute Gasteiger partial charge is 0.502 e. The first kappa shape index (κ1) is 46.9. The molecular formula is C58H45N5O2Pd2. The van der Waals surface area contributed by atoms with E-state index in [4.69, 9.17) is 19.4 Å². The van der Waals surface area contributed by atoms with Crippen LogP contribution in [0.1, 0.15) is 48.9 Å². The maximum atomic E-state index is 6.88. The van der Waals surface area contributed by atoms with E-state index in [2.05, 4.69) is 135 Å². The van der Waals surface area contributed by atoms with Gasteiger partial charge in [0.05, 0.1) is 0 Å². The Balaban J connectivity index is 0.00000304. The van der Waals surface area contributed by atoms with Crippen molar-refractivity contribution in [2.24, 2.45) is 0 Å². The van der Waals surface area contributed by atoms with Crippen LogP contribution in [-0.2, 0) is 53.7 Å². The minimum atomic E-state index is 0. The van der Waals surface area contributed by atoms with Crippen LogP contribution in [0.2, 0.25) is 0 Å². The summed E-state index contributed by atoms with van der Waals surface area (Å²) in [6.45, 7) is 8.61. The fraction of sp³-hybridized carbons (Fsp3) is 0.138. The molecule has 0 aliphatic carbocycles. The van der Waals surface area contributed by atoms with Crippen molar-refractivity contribution < 1.29 is 50.3 Å². The van der Waals surface area contributed by atoms with Gasteiger partial charge in [-0.15, -0.1) is 58.7 Å². The molecule has 7 nitrogen and oxygen atoms in total. The standard InChI is InChI=1S/C58H45N5O2.2Pd/c1-5-12-40-16-20-42(21-17-40)56-38(3)32-44(50-14-7-9-28-59-50)34-54(56)64-46-24-26-48-49-27-25-47(37-53(49)63(52(48)36-46)58-61-30-11-31-62-58)65-55-35-45(51-15-8-10-29-60-51)33-39(4)57(55)43-22-18-41(13-6-2)19-23-43;;/h7-11,14-33H,5-6,12-13H2,1-4H3;;/q-4;2*+2. The Hall–Kier alpha value is -6.58. The third kappa shape index (κ3) is 9.80. The zero-order valence-electron chi connectivity index (χ0n) is 37.4. The van der Waals surface area contributed by atoms with Crippen LogP contribution in [0.3, 0.4) is 0 Å². The van der Waals surface area contributed by atoms with Crippen LogP contribution in [0.15, 0.2) is 152 Å². The van der Waals surface area contributed by atoms with Crippen LogP contribution in [0, 0.1) is 38.1 Å². The summed E-state index contributed by atoms with van der Waals surface area (Å²) >= 11 is 0. The van der Waals surface area contributed by atoms with Crippen molar-refractivity contribution >= 4 is 21.8 Å². The normalized spacial score (nSPS) is 11.0. The van der Waals surface area contributed by atoms with Crippen molar-refractivity contribution in [1.29, 1.82) is 0 Å². The van der Waals surface area contributed by atoms with Crippen LogP contribution < -0.4 is 9.47 Å². The van der Waals surface area contributed by atoms with Gasteiger partial charge in [-0.1, -0.05) is 159 Å². The van der Waals surface area contributed by atoms with Gasteiger partial charge in [0, 0.05) is 47.8 Å². The van der Waals surface area contributed by atoms with E-state index in [1.54, 1.807) is 30.9 Å². The average molecular weight is 1060 g/mol. The van der Waals surface area contributed by atoms with Gasteiger partial charge < -0.3 is 24.0 Å². The summed E-state index contributed by atoms with van der Waals surface area (Å²) in [5.74, 6) is 2.66. The Morgan fingerprint density at radius 1 is 0.478 bits per heavy atom. The second-order valence-corrected chi connectivity index (χ2v) is 16.2. The topological polar surface area (TPSA) is 75.0 Å². The number of ether oxygens (including phenoxy) is 2. The van der Waals surface area contributed by atoms with Crippen molar-refractivity contribution in [3.8, 4) is 73.7 Å². The second kappa shape index (κ2) is 20.9. The molecule has 0 aliphatic rings. The molecule has 0 fully saturated rings. The van der Waals surface area contributed by atoms with Crippen LogP contribution in [-0.4, -0.2) is 24.5 Å². The molecule has 0 N–H and O–H groups in total.